The molecule has 0 bridgehead atoms. The molecule has 6 rings (SSSR count). The van der Waals surface area contributed by atoms with Crippen LogP contribution in [0.15, 0.2) is 90.3 Å². The summed E-state index contributed by atoms with van der Waals surface area (Å²) >= 11 is 7.47. The van der Waals surface area contributed by atoms with Crippen LogP contribution in [0, 0.1) is 0 Å². The molecule has 0 radical (unpaired) electrons. The van der Waals surface area contributed by atoms with Gasteiger partial charge >= 0.3 is 5.97 Å². The smallest absolute Gasteiger partial charge is 0.339 e. The molecule has 0 spiro atoms. The van der Waals surface area contributed by atoms with Crippen molar-refractivity contribution in [2.45, 2.75) is 0 Å². The number of fused-ring (bicyclic) bond motifs is 2. The number of thiophene rings is 1. The molecule has 2 amide bonds. The van der Waals surface area contributed by atoms with Crippen LogP contribution in [0.25, 0.3) is 22.2 Å². The largest absolute Gasteiger partial charge is 0.454 e. The Labute approximate surface area is 231 Å². The maximum atomic E-state index is 13.1. The highest BCUT2D eigenvalue weighted by atomic mass is 35.5. The molecule has 39 heavy (non-hydrogen) atoms. The number of halogens is 1. The first kappa shape index (κ1) is 24.7. The number of carbonyl (C=O) groups is 4. The van der Waals surface area contributed by atoms with Crippen LogP contribution in [0.2, 0.25) is 5.02 Å². The van der Waals surface area contributed by atoms with Gasteiger partial charge in [0, 0.05) is 16.0 Å². The van der Waals surface area contributed by atoms with E-state index in [0.29, 0.717) is 48.9 Å². The molecular formula is C30H17ClN2O5S. The molecule has 3 heterocycles. The third-order valence-electron chi connectivity index (χ3n) is 6.34. The molecule has 1 aliphatic rings. The number of ketones is 1. The Kier molecular flexibility index (Phi) is 6.26. The fourth-order valence-electron chi connectivity index (χ4n) is 4.44. The van der Waals surface area contributed by atoms with Crippen molar-refractivity contribution in [2.75, 3.05) is 11.5 Å². The number of ether oxygens (including phenoxy) is 1. The molecule has 5 aromatic rings. The number of aromatic nitrogens is 1. The van der Waals surface area contributed by atoms with Crippen molar-refractivity contribution < 1.29 is 23.9 Å². The van der Waals surface area contributed by atoms with E-state index in [1.165, 1.54) is 11.3 Å². The lowest BCUT2D eigenvalue weighted by molar-refractivity contribution is 0.0477. The van der Waals surface area contributed by atoms with E-state index in [-0.39, 0.29) is 23.2 Å². The lowest BCUT2D eigenvalue weighted by atomic mass is 10.0. The van der Waals surface area contributed by atoms with E-state index in [2.05, 4.69) is 4.98 Å². The molecule has 2 aromatic heterocycles. The summed E-state index contributed by atoms with van der Waals surface area (Å²) in [6.45, 7) is -0.395. The average molecular weight is 553 g/mol. The molecule has 0 saturated carbocycles. The first-order chi connectivity index (χ1) is 18.9. The third kappa shape index (κ3) is 4.50. The molecule has 0 unspecified atom stereocenters. The standard InChI is InChI=1S/C30H17ClN2O5S/c31-18-9-12-24-22(14-18)23(30(37)38-16-26(34)27-6-3-13-39-27)15-25(32-24)17-7-10-19(11-8-17)33-28(35)20-4-1-2-5-21(20)29(33)36/h1-15H,16H2. The van der Waals surface area contributed by atoms with E-state index in [1.54, 1.807) is 90.3 Å². The molecule has 0 N–H and O–H groups in total. The van der Waals surface area contributed by atoms with E-state index >= 15 is 0 Å². The fourth-order valence-corrected chi connectivity index (χ4v) is 5.26. The molecule has 0 aliphatic carbocycles. The Morgan fingerprint density at radius 3 is 2.26 bits per heavy atom. The SMILES string of the molecule is O=C(COC(=O)c1cc(-c2ccc(N3C(=O)c4ccccc4C3=O)cc2)nc2ccc(Cl)cc12)c1cccs1. The van der Waals surface area contributed by atoms with Crippen molar-refractivity contribution in [1.82, 2.24) is 4.98 Å². The van der Waals surface area contributed by atoms with E-state index in [1.807, 2.05) is 0 Å². The summed E-state index contributed by atoms with van der Waals surface area (Å²) in [4.78, 5) is 57.5. The number of hydrogen-bond acceptors (Lipinski definition) is 7. The van der Waals surface area contributed by atoms with Gasteiger partial charge in [0.1, 0.15) is 0 Å². The van der Waals surface area contributed by atoms with Gasteiger partial charge in [-0.05, 0) is 60.0 Å². The second-order valence-corrected chi connectivity index (χ2v) is 10.1. The Hall–Kier alpha value is -4.66. The van der Waals surface area contributed by atoms with Gasteiger partial charge in [-0.3, -0.25) is 14.4 Å². The number of pyridine rings is 1. The molecule has 9 heteroatoms. The lowest BCUT2D eigenvalue weighted by Gasteiger charge is -2.15. The van der Waals surface area contributed by atoms with Gasteiger partial charge in [-0.2, -0.15) is 0 Å². The maximum absolute atomic E-state index is 13.1. The minimum absolute atomic E-state index is 0.209. The van der Waals surface area contributed by atoms with Crippen molar-refractivity contribution in [3.8, 4) is 11.3 Å². The third-order valence-corrected chi connectivity index (χ3v) is 7.48. The molecular weight excluding hydrogens is 536 g/mol. The van der Waals surface area contributed by atoms with E-state index in [9.17, 15) is 19.2 Å². The van der Waals surface area contributed by atoms with Crippen LogP contribution in [0.5, 0.6) is 0 Å². The zero-order chi connectivity index (χ0) is 27.1. The van der Waals surface area contributed by atoms with Gasteiger partial charge in [-0.15, -0.1) is 11.3 Å². The molecule has 1 aliphatic heterocycles. The summed E-state index contributed by atoms with van der Waals surface area (Å²) in [6, 6.07) is 23.4. The molecule has 0 atom stereocenters. The second-order valence-electron chi connectivity index (χ2n) is 8.73. The number of anilines is 1. The second kappa shape index (κ2) is 9.90. The first-order valence-electron chi connectivity index (χ1n) is 11.8. The topological polar surface area (TPSA) is 93.6 Å². The van der Waals surface area contributed by atoms with E-state index < -0.39 is 12.6 Å². The molecule has 7 nitrogen and oxygen atoms in total. The molecule has 3 aromatic carbocycles. The number of imide groups is 1. The lowest BCUT2D eigenvalue weighted by Crippen LogP contribution is -2.29. The number of esters is 1. The van der Waals surface area contributed by atoms with Crippen molar-refractivity contribution in [1.29, 1.82) is 0 Å². The van der Waals surface area contributed by atoms with Crippen LogP contribution >= 0.6 is 22.9 Å². The van der Waals surface area contributed by atoms with Crippen LogP contribution in [0.3, 0.4) is 0 Å². The van der Waals surface area contributed by atoms with Gasteiger partial charge in [0.2, 0.25) is 5.78 Å². The van der Waals surface area contributed by atoms with Crippen LogP contribution in [-0.2, 0) is 4.74 Å². The summed E-state index contributed by atoms with van der Waals surface area (Å²) in [5.74, 6) is -1.74. The average Bonchev–Trinajstić information content (AvgIpc) is 3.58. The number of Topliss-reactive ketones (excluding diaryl/α,β-unsaturated/α-hetero) is 1. The minimum atomic E-state index is -0.682. The normalized spacial score (nSPS) is 12.6. The Morgan fingerprint density at radius 2 is 1.59 bits per heavy atom. The maximum Gasteiger partial charge on any atom is 0.339 e. The monoisotopic (exact) mass is 552 g/mol. The number of amides is 2. The van der Waals surface area contributed by atoms with Gasteiger partial charge < -0.3 is 4.74 Å². The number of hydrogen-bond donors (Lipinski definition) is 0. The van der Waals surface area contributed by atoms with Crippen molar-refractivity contribution >= 4 is 63.1 Å². The molecule has 0 fully saturated rings. The molecule has 190 valence electrons. The number of nitrogens with zero attached hydrogens (tertiary/aromatic N) is 2. The van der Waals surface area contributed by atoms with Gasteiger partial charge in [0.25, 0.3) is 11.8 Å². The van der Waals surface area contributed by atoms with E-state index in [4.69, 9.17) is 16.3 Å². The quantitative estimate of drug-likeness (QED) is 0.136. The van der Waals surface area contributed by atoms with Crippen molar-refractivity contribution in [2.24, 2.45) is 0 Å². The predicted molar refractivity (Wildman–Crippen MR) is 149 cm³/mol. The van der Waals surface area contributed by atoms with Gasteiger partial charge in [0.15, 0.2) is 6.61 Å². The van der Waals surface area contributed by atoms with E-state index in [0.717, 1.165) is 4.90 Å². The van der Waals surface area contributed by atoms with Crippen LogP contribution in [0.4, 0.5) is 5.69 Å². The first-order valence-corrected chi connectivity index (χ1v) is 13.1. The highest BCUT2D eigenvalue weighted by Gasteiger charge is 2.36. The predicted octanol–water partition coefficient (Wildman–Crippen LogP) is 6.46. The Balaban J connectivity index is 1.32. The zero-order valence-corrected chi connectivity index (χ0v) is 21.7. The highest BCUT2D eigenvalue weighted by molar-refractivity contribution is 7.12. The van der Waals surface area contributed by atoms with Crippen LogP contribution < -0.4 is 4.90 Å². The number of rotatable bonds is 6. The summed E-state index contributed by atoms with van der Waals surface area (Å²) in [6.07, 6.45) is 0. The zero-order valence-electron chi connectivity index (χ0n) is 20.1. The summed E-state index contributed by atoms with van der Waals surface area (Å²) in [7, 11) is 0. The fraction of sp³-hybridized carbons (Fsp3) is 0.0333. The summed E-state index contributed by atoms with van der Waals surface area (Å²) in [5, 5.41) is 2.69. The Bertz CT molecular complexity index is 1760. The van der Waals surface area contributed by atoms with Crippen molar-refractivity contribution in [3.63, 3.8) is 0 Å². The van der Waals surface area contributed by atoms with Crippen LogP contribution in [-0.4, -0.2) is 35.2 Å². The van der Waals surface area contributed by atoms with Gasteiger partial charge in [0.05, 0.1) is 38.5 Å². The summed E-state index contributed by atoms with van der Waals surface area (Å²) in [5.41, 5.74) is 2.98. The summed E-state index contributed by atoms with van der Waals surface area (Å²) < 4.78 is 5.36. The minimum Gasteiger partial charge on any atom is -0.454 e. The van der Waals surface area contributed by atoms with Crippen molar-refractivity contribution in [3.05, 3.63) is 117 Å². The van der Waals surface area contributed by atoms with Crippen LogP contribution in [0.1, 0.15) is 40.7 Å². The highest BCUT2D eigenvalue weighted by Crippen LogP contribution is 2.32. The molecule has 0 saturated heterocycles. The van der Waals surface area contributed by atoms with Gasteiger partial charge in [-0.25, -0.2) is 14.7 Å². The number of benzene rings is 3. The Morgan fingerprint density at radius 1 is 0.872 bits per heavy atom. The van der Waals surface area contributed by atoms with Gasteiger partial charge in [-0.1, -0.05) is 41.9 Å². The number of carbonyl (C=O) groups excluding carboxylic acids is 4.